The number of carbonyl (C=O) groups is 4. The van der Waals surface area contributed by atoms with Crippen LogP contribution < -0.4 is 0 Å². The molecule has 5 rings (SSSR count). The quantitative estimate of drug-likeness (QED) is 0.419. The van der Waals surface area contributed by atoms with Crippen LogP contribution in [0.3, 0.4) is 0 Å². The topological polar surface area (TPSA) is 86.7 Å². The fourth-order valence-electron chi connectivity index (χ4n) is 7.76. The number of allylic oxidation sites excluding steroid dienone is 5. The van der Waals surface area contributed by atoms with Crippen LogP contribution in [0.15, 0.2) is 47.6 Å². The van der Waals surface area contributed by atoms with E-state index in [-0.39, 0.29) is 71.2 Å². The second-order valence-corrected chi connectivity index (χ2v) is 11.7. The van der Waals surface area contributed by atoms with Crippen LogP contribution in [0, 0.1) is 40.9 Å². The summed E-state index contributed by atoms with van der Waals surface area (Å²) in [6.45, 7) is 11.4. The Labute approximate surface area is 212 Å². The minimum atomic E-state index is -0.988. The van der Waals surface area contributed by atoms with E-state index in [9.17, 15) is 19.2 Å². The van der Waals surface area contributed by atoms with Crippen molar-refractivity contribution in [3.05, 3.63) is 47.6 Å². The highest BCUT2D eigenvalue weighted by Crippen LogP contribution is 2.60. The second kappa shape index (κ2) is 8.97. The van der Waals surface area contributed by atoms with Crippen molar-refractivity contribution in [2.24, 2.45) is 40.9 Å². The third kappa shape index (κ3) is 3.84. The van der Waals surface area contributed by atoms with Crippen LogP contribution in [0.4, 0.5) is 0 Å². The molecule has 5 aliphatic rings. The van der Waals surface area contributed by atoms with E-state index in [1.54, 1.807) is 13.0 Å². The summed E-state index contributed by atoms with van der Waals surface area (Å²) in [5, 5.41) is 0. The first-order valence-electron chi connectivity index (χ1n) is 13.3. The van der Waals surface area contributed by atoms with E-state index in [4.69, 9.17) is 9.47 Å². The van der Waals surface area contributed by atoms with Crippen LogP contribution in [0.5, 0.6) is 0 Å². The van der Waals surface area contributed by atoms with Gasteiger partial charge in [-0.15, -0.1) is 0 Å². The molecule has 0 radical (unpaired) electrons. The van der Waals surface area contributed by atoms with Crippen molar-refractivity contribution in [3.8, 4) is 0 Å². The maximum Gasteiger partial charge on any atom is 0.334 e. The van der Waals surface area contributed by atoms with Crippen LogP contribution in [-0.2, 0) is 28.7 Å². The number of ketones is 2. The van der Waals surface area contributed by atoms with Gasteiger partial charge in [0.2, 0.25) is 0 Å². The van der Waals surface area contributed by atoms with Crippen molar-refractivity contribution in [1.29, 1.82) is 0 Å². The van der Waals surface area contributed by atoms with Gasteiger partial charge in [0.15, 0.2) is 11.6 Å². The molecule has 6 nitrogen and oxygen atoms in total. The molecule has 3 aliphatic carbocycles. The Bertz CT molecular complexity index is 1120. The summed E-state index contributed by atoms with van der Waals surface area (Å²) in [5.41, 5.74) is 1.21. The van der Waals surface area contributed by atoms with Crippen molar-refractivity contribution >= 4 is 23.5 Å². The Kier molecular flexibility index (Phi) is 6.20. The molecule has 0 aromatic heterocycles. The Morgan fingerprint density at radius 2 is 1.83 bits per heavy atom. The fourth-order valence-corrected chi connectivity index (χ4v) is 7.76. The molecular formula is C30H36O6. The number of ether oxygens (including phenoxy) is 2. The van der Waals surface area contributed by atoms with Crippen LogP contribution in [0.25, 0.3) is 0 Å². The summed E-state index contributed by atoms with van der Waals surface area (Å²) in [6.07, 6.45) is 10.4. The number of hydrogen-bond acceptors (Lipinski definition) is 6. The van der Waals surface area contributed by atoms with Crippen molar-refractivity contribution in [2.75, 3.05) is 0 Å². The third-order valence-corrected chi connectivity index (χ3v) is 9.56. The molecule has 1 spiro atoms. The number of carbonyl (C=O) groups excluding carboxylic acids is 4. The second-order valence-electron chi connectivity index (χ2n) is 11.7. The lowest BCUT2D eigenvalue weighted by atomic mass is 9.56. The van der Waals surface area contributed by atoms with E-state index in [2.05, 4.69) is 32.6 Å². The zero-order valence-corrected chi connectivity index (χ0v) is 21.6. The van der Waals surface area contributed by atoms with Gasteiger partial charge in [-0.3, -0.25) is 14.4 Å². The molecule has 0 aromatic carbocycles. The molecule has 3 fully saturated rings. The van der Waals surface area contributed by atoms with Gasteiger partial charge in [0.05, 0.1) is 0 Å². The Morgan fingerprint density at radius 1 is 1.08 bits per heavy atom. The molecule has 0 N–H and O–H groups in total. The number of esters is 2. The summed E-state index contributed by atoms with van der Waals surface area (Å²) >= 11 is 0. The molecule has 0 amide bonds. The molecule has 1 saturated carbocycles. The van der Waals surface area contributed by atoms with Gasteiger partial charge in [-0.1, -0.05) is 38.7 Å². The number of Topliss-reactive ketones (excluding diaryl/α,β-unsaturated/α-hetero) is 1. The standard InChI is InChI=1S/C30H36O6/c1-15-10-27-24(9-8-20(15)7-6-17(3)31)30(29(34)36-27)14-21-12-23-18(4)28(33)35-26(23)11-16(2)22(21)13-25(30)19(5)32/h6-8,13,15-16,21-24,26-27H,4,9-12,14H2,1-3,5H3/b7-6+/t15-,16+,21+,22-,23-,24?,26-,27+,30+/m1/s1. The number of rotatable bonds is 3. The first-order valence-corrected chi connectivity index (χ1v) is 13.3. The lowest BCUT2D eigenvalue weighted by Crippen LogP contribution is -2.45. The van der Waals surface area contributed by atoms with E-state index in [1.165, 1.54) is 6.92 Å². The molecule has 0 bridgehead atoms. The first kappa shape index (κ1) is 24.9. The minimum Gasteiger partial charge on any atom is -0.461 e. The average molecular weight is 493 g/mol. The summed E-state index contributed by atoms with van der Waals surface area (Å²) < 4.78 is 11.7. The van der Waals surface area contributed by atoms with Gasteiger partial charge in [-0.2, -0.15) is 0 Å². The van der Waals surface area contributed by atoms with Crippen molar-refractivity contribution in [3.63, 3.8) is 0 Å². The third-order valence-electron chi connectivity index (χ3n) is 9.56. The Morgan fingerprint density at radius 3 is 2.53 bits per heavy atom. The lowest BCUT2D eigenvalue weighted by molar-refractivity contribution is -0.149. The van der Waals surface area contributed by atoms with Gasteiger partial charge in [0.1, 0.15) is 17.6 Å². The number of fused-ring (bicyclic) bond motifs is 4. The van der Waals surface area contributed by atoms with E-state index < -0.39 is 5.41 Å². The van der Waals surface area contributed by atoms with Crippen LogP contribution in [0.2, 0.25) is 0 Å². The smallest absolute Gasteiger partial charge is 0.334 e. The van der Waals surface area contributed by atoms with Crippen molar-refractivity contribution < 1.29 is 28.7 Å². The van der Waals surface area contributed by atoms with Crippen molar-refractivity contribution in [1.82, 2.24) is 0 Å². The van der Waals surface area contributed by atoms with Crippen LogP contribution >= 0.6 is 0 Å². The molecule has 36 heavy (non-hydrogen) atoms. The largest absolute Gasteiger partial charge is 0.461 e. The highest BCUT2D eigenvalue weighted by Gasteiger charge is 2.63. The van der Waals surface area contributed by atoms with Crippen LogP contribution in [0.1, 0.15) is 59.8 Å². The van der Waals surface area contributed by atoms with E-state index in [1.807, 2.05) is 6.08 Å². The van der Waals surface area contributed by atoms with Gasteiger partial charge in [-0.05, 0) is 81.3 Å². The molecule has 2 heterocycles. The summed E-state index contributed by atoms with van der Waals surface area (Å²) in [7, 11) is 0. The number of hydrogen-bond donors (Lipinski definition) is 0. The average Bonchev–Trinajstić information content (AvgIpc) is 3.06. The van der Waals surface area contributed by atoms with Gasteiger partial charge >= 0.3 is 11.9 Å². The molecule has 9 atom stereocenters. The summed E-state index contributed by atoms with van der Waals surface area (Å²) in [5.74, 6) is -0.281. The first-order chi connectivity index (χ1) is 17.0. The highest BCUT2D eigenvalue weighted by molar-refractivity contribution is 6.02. The monoisotopic (exact) mass is 492 g/mol. The molecule has 6 heteroatoms. The zero-order chi connectivity index (χ0) is 25.9. The molecular weight excluding hydrogens is 456 g/mol. The molecule has 1 unspecified atom stereocenters. The lowest BCUT2D eigenvalue weighted by Gasteiger charge is -2.44. The minimum absolute atomic E-state index is 0.00712. The van der Waals surface area contributed by atoms with Crippen LogP contribution in [-0.4, -0.2) is 35.7 Å². The van der Waals surface area contributed by atoms with Gasteiger partial charge in [0, 0.05) is 23.0 Å². The van der Waals surface area contributed by atoms with Gasteiger partial charge < -0.3 is 9.47 Å². The van der Waals surface area contributed by atoms with Crippen molar-refractivity contribution in [2.45, 2.75) is 72.0 Å². The molecule has 192 valence electrons. The highest BCUT2D eigenvalue weighted by atomic mass is 16.6. The summed E-state index contributed by atoms with van der Waals surface area (Å²) in [4.78, 5) is 50.6. The van der Waals surface area contributed by atoms with E-state index >= 15 is 0 Å². The molecule has 0 aromatic rings. The normalized spacial score (nSPS) is 41.9. The van der Waals surface area contributed by atoms with E-state index in [0.717, 1.165) is 18.4 Å². The Balaban J connectivity index is 1.55. The summed E-state index contributed by atoms with van der Waals surface area (Å²) in [6, 6.07) is 0. The van der Waals surface area contributed by atoms with E-state index in [0.29, 0.717) is 30.4 Å². The predicted octanol–water partition coefficient (Wildman–Crippen LogP) is 4.70. The fraction of sp³-hybridized carbons (Fsp3) is 0.600. The Hall–Kier alpha value is -2.76. The zero-order valence-electron chi connectivity index (χ0n) is 21.6. The maximum atomic E-state index is 13.7. The SMILES string of the molecule is C=C1C(=O)O[C@@H]2C[C@H](C)[C@H]3C=C(C(C)=O)[C@@]4(C[C@@H]3C[C@H]12)C(=O)O[C@H]1C[C@@H](C)C(/C=C/C(C)=O)=CCC14. The van der Waals surface area contributed by atoms with Gasteiger partial charge in [-0.25, -0.2) is 4.79 Å². The molecule has 2 saturated heterocycles. The van der Waals surface area contributed by atoms with Gasteiger partial charge in [0.25, 0.3) is 0 Å². The predicted molar refractivity (Wildman–Crippen MR) is 133 cm³/mol. The maximum absolute atomic E-state index is 13.7. The molecule has 2 aliphatic heterocycles.